The Balaban J connectivity index is 1.05. The number of benzene rings is 3. The second-order valence-electron chi connectivity index (χ2n) is 14.3. The molecule has 9 rings (SSSR count). The van der Waals surface area contributed by atoms with Crippen molar-refractivity contribution in [2.75, 3.05) is 72.2 Å². The Morgan fingerprint density at radius 1 is 0.549 bits per heavy atom. The molecule has 3 aromatic rings. The summed E-state index contributed by atoms with van der Waals surface area (Å²) >= 11 is 0. The third kappa shape index (κ3) is 5.16. The number of anilines is 4. The number of phenols is 1. The largest absolute Gasteiger partial charge is 0.508 e. The molecule has 2 aliphatic carbocycles. The number of para-hydroxylation sites is 1. The van der Waals surface area contributed by atoms with Crippen molar-refractivity contribution in [3.05, 3.63) is 90.0 Å². The Morgan fingerprint density at radius 3 is 1.59 bits per heavy atom. The van der Waals surface area contributed by atoms with Crippen LogP contribution < -0.4 is 19.6 Å². The summed E-state index contributed by atoms with van der Waals surface area (Å²) in [5.74, 6) is -4.86. The molecule has 6 aliphatic rings. The first kappa shape index (κ1) is 31.9. The number of carbonyl (C=O) groups is 4. The van der Waals surface area contributed by atoms with Gasteiger partial charge in [0.2, 0.25) is 23.6 Å². The molecule has 4 aliphatic heterocycles. The Bertz CT molecular complexity index is 1920. The number of aromatic hydroxyl groups is 1. The highest BCUT2D eigenvalue weighted by molar-refractivity contribution is 6.24. The molecule has 0 aromatic heterocycles. The molecule has 11 heteroatoms. The molecule has 262 valence electrons. The maximum absolute atomic E-state index is 14.5. The van der Waals surface area contributed by atoms with Crippen LogP contribution in [0.15, 0.2) is 84.4 Å². The Morgan fingerprint density at radius 2 is 1.04 bits per heavy atom. The van der Waals surface area contributed by atoms with Gasteiger partial charge in [-0.25, -0.2) is 0 Å². The van der Waals surface area contributed by atoms with E-state index in [1.807, 2.05) is 60.7 Å². The number of imide groups is 2. The van der Waals surface area contributed by atoms with E-state index >= 15 is 0 Å². The summed E-state index contributed by atoms with van der Waals surface area (Å²) in [6, 6.07) is 22.0. The van der Waals surface area contributed by atoms with Crippen molar-refractivity contribution in [2.24, 2.45) is 29.6 Å². The van der Waals surface area contributed by atoms with Crippen LogP contribution in [0.4, 0.5) is 22.7 Å². The topological polar surface area (TPSA) is 120 Å². The lowest BCUT2D eigenvalue weighted by atomic mass is 9.57. The lowest BCUT2D eigenvalue weighted by Crippen LogP contribution is -2.43. The smallest absolute Gasteiger partial charge is 0.238 e. The summed E-state index contributed by atoms with van der Waals surface area (Å²) in [5.41, 5.74) is 4.45. The summed E-state index contributed by atoms with van der Waals surface area (Å²) in [7, 11) is 0. The summed E-state index contributed by atoms with van der Waals surface area (Å²) < 4.78 is 11.0. The lowest BCUT2D eigenvalue weighted by molar-refractivity contribution is -0.126. The van der Waals surface area contributed by atoms with Gasteiger partial charge in [-0.15, -0.1) is 0 Å². The minimum Gasteiger partial charge on any atom is -0.508 e. The lowest BCUT2D eigenvalue weighted by Gasteiger charge is -2.44. The molecular formula is C40H40N4O7. The van der Waals surface area contributed by atoms with Crippen molar-refractivity contribution in [1.29, 1.82) is 0 Å². The molecule has 6 unspecified atom stereocenters. The molecule has 1 saturated carbocycles. The zero-order chi connectivity index (χ0) is 34.8. The Hall–Kier alpha value is -5.00. The van der Waals surface area contributed by atoms with Gasteiger partial charge in [-0.3, -0.25) is 29.0 Å². The summed E-state index contributed by atoms with van der Waals surface area (Å²) in [4.78, 5) is 64.3. The highest BCUT2D eigenvalue weighted by Gasteiger charge is 2.62. The maximum Gasteiger partial charge on any atom is 0.238 e. The van der Waals surface area contributed by atoms with Gasteiger partial charge in [0, 0.05) is 49.0 Å². The minimum atomic E-state index is -0.750. The summed E-state index contributed by atoms with van der Waals surface area (Å²) in [5, 5.41) is 11.2. The highest BCUT2D eigenvalue weighted by atomic mass is 16.5. The standard InChI is InChI=1S/C40H40N4O7/c45-33-4-2-1-3-29(33)34-28-13-14-30-35(39(48)43(37(30)46)26-9-5-24(6-10-26)41-15-19-50-20-16-41)31(28)23-32-36(34)40(49)44(38(32)47)27-11-7-25(8-12-27)42-17-21-51-22-18-42/h1-13,30-32,34-36,45H,14-23H2. The summed E-state index contributed by atoms with van der Waals surface area (Å²) in [6.07, 6.45) is 2.63. The normalized spacial score (nSPS) is 29.2. The first-order chi connectivity index (χ1) is 24.9. The fourth-order valence-electron chi connectivity index (χ4n) is 9.46. The zero-order valence-corrected chi connectivity index (χ0v) is 28.2. The van der Waals surface area contributed by atoms with E-state index in [2.05, 4.69) is 9.80 Å². The predicted octanol–water partition coefficient (Wildman–Crippen LogP) is 4.11. The van der Waals surface area contributed by atoms with Gasteiger partial charge in [-0.05, 0) is 73.4 Å². The van der Waals surface area contributed by atoms with Crippen LogP contribution >= 0.6 is 0 Å². The minimum absolute atomic E-state index is 0.0364. The Labute approximate surface area is 296 Å². The molecule has 4 heterocycles. The molecule has 11 nitrogen and oxygen atoms in total. The molecule has 4 saturated heterocycles. The van der Waals surface area contributed by atoms with Crippen molar-refractivity contribution < 1.29 is 33.8 Å². The van der Waals surface area contributed by atoms with Gasteiger partial charge < -0.3 is 24.4 Å². The van der Waals surface area contributed by atoms with E-state index in [1.165, 1.54) is 9.80 Å². The van der Waals surface area contributed by atoms with Crippen LogP contribution in [0.1, 0.15) is 24.3 Å². The zero-order valence-electron chi connectivity index (χ0n) is 28.2. The molecule has 3 aromatic carbocycles. The number of fused-ring (bicyclic) bond motifs is 4. The number of amides is 4. The van der Waals surface area contributed by atoms with Crippen molar-refractivity contribution in [3.8, 4) is 5.75 Å². The van der Waals surface area contributed by atoms with Crippen LogP contribution in [0, 0.1) is 29.6 Å². The summed E-state index contributed by atoms with van der Waals surface area (Å²) in [6.45, 7) is 5.69. The SMILES string of the molecule is O=C1C2CC=C3C(CC4C(=O)N(c5ccc(N6CCOCC6)cc5)C(=O)C4C3c3ccccc3O)C2C(=O)N1c1ccc(N2CCOCC2)cc1. The number of rotatable bonds is 5. The van der Waals surface area contributed by atoms with E-state index in [4.69, 9.17) is 9.47 Å². The molecule has 0 radical (unpaired) electrons. The number of carbonyl (C=O) groups excluding carboxylic acids is 4. The third-order valence-electron chi connectivity index (χ3n) is 11.9. The number of phenolic OH excluding ortho intramolecular Hbond substituents is 1. The average molecular weight is 689 g/mol. The Kier molecular flexibility index (Phi) is 7.92. The van der Waals surface area contributed by atoms with Crippen LogP contribution in [0.25, 0.3) is 0 Å². The van der Waals surface area contributed by atoms with E-state index in [0.29, 0.717) is 49.8 Å². The quantitative estimate of drug-likeness (QED) is 0.312. The van der Waals surface area contributed by atoms with Crippen LogP contribution in [0.3, 0.4) is 0 Å². The van der Waals surface area contributed by atoms with E-state index in [9.17, 15) is 24.3 Å². The fourth-order valence-corrected chi connectivity index (χ4v) is 9.46. The molecule has 1 N–H and O–H groups in total. The van der Waals surface area contributed by atoms with Gasteiger partial charge in [-0.2, -0.15) is 0 Å². The second kappa shape index (κ2) is 12.6. The highest BCUT2D eigenvalue weighted by Crippen LogP contribution is 2.59. The number of ether oxygens (including phenoxy) is 2. The molecule has 6 atom stereocenters. The van der Waals surface area contributed by atoms with Crippen LogP contribution in [-0.2, 0) is 28.7 Å². The van der Waals surface area contributed by atoms with E-state index in [1.54, 1.807) is 18.2 Å². The van der Waals surface area contributed by atoms with Crippen molar-refractivity contribution >= 4 is 46.4 Å². The van der Waals surface area contributed by atoms with Crippen LogP contribution in [-0.4, -0.2) is 81.3 Å². The number of hydrogen-bond donors (Lipinski definition) is 1. The molecule has 5 fully saturated rings. The van der Waals surface area contributed by atoms with Crippen LogP contribution in [0.2, 0.25) is 0 Å². The van der Waals surface area contributed by atoms with Crippen molar-refractivity contribution in [2.45, 2.75) is 18.8 Å². The van der Waals surface area contributed by atoms with Gasteiger partial charge in [0.15, 0.2) is 0 Å². The van der Waals surface area contributed by atoms with Crippen molar-refractivity contribution in [1.82, 2.24) is 0 Å². The maximum atomic E-state index is 14.5. The van der Waals surface area contributed by atoms with Gasteiger partial charge in [0.05, 0.1) is 61.5 Å². The molecule has 0 spiro atoms. The van der Waals surface area contributed by atoms with Gasteiger partial charge in [0.25, 0.3) is 0 Å². The predicted molar refractivity (Wildman–Crippen MR) is 190 cm³/mol. The van der Waals surface area contributed by atoms with E-state index in [0.717, 1.165) is 43.1 Å². The average Bonchev–Trinajstić information content (AvgIpc) is 3.58. The first-order valence-corrected chi connectivity index (χ1v) is 18.0. The third-order valence-corrected chi connectivity index (χ3v) is 11.9. The number of hydrogen-bond acceptors (Lipinski definition) is 9. The van der Waals surface area contributed by atoms with E-state index < -0.39 is 35.5 Å². The van der Waals surface area contributed by atoms with Gasteiger partial charge in [0.1, 0.15) is 5.75 Å². The molecule has 4 amide bonds. The molecule has 0 bridgehead atoms. The van der Waals surface area contributed by atoms with Crippen molar-refractivity contribution in [3.63, 3.8) is 0 Å². The molecular weight excluding hydrogens is 648 g/mol. The first-order valence-electron chi connectivity index (χ1n) is 18.0. The van der Waals surface area contributed by atoms with E-state index in [-0.39, 0.29) is 35.8 Å². The number of nitrogens with zero attached hydrogens (tertiary/aromatic N) is 4. The second-order valence-corrected chi connectivity index (χ2v) is 14.3. The van der Waals surface area contributed by atoms with Gasteiger partial charge >= 0.3 is 0 Å². The van der Waals surface area contributed by atoms with Gasteiger partial charge in [-0.1, -0.05) is 29.8 Å². The number of morpholine rings is 2. The fraction of sp³-hybridized carbons (Fsp3) is 0.400. The van der Waals surface area contributed by atoms with Crippen LogP contribution in [0.5, 0.6) is 5.75 Å². The molecule has 51 heavy (non-hydrogen) atoms. The monoisotopic (exact) mass is 688 g/mol. The number of allylic oxidation sites excluding steroid dienone is 2.